The number of benzene rings is 1. The smallest absolute Gasteiger partial charge is 0.256 e. The fraction of sp³-hybridized carbons (Fsp3) is 0.294. The van der Waals surface area contributed by atoms with Gasteiger partial charge in [-0.3, -0.25) is 4.79 Å². The van der Waals surface area contributed by atoms with Crippen molar-refractivity contribution in [1.29, 1.82) is 0 Å². The van der Waals surface area contributed by atoms with Gasteiger partial charge >= 0.3 is 0 Å². The lowest BCUT2D eigenvalue weighted by atomic mass is 10.0. The predicted molar refractivity (Wildman–Crippen MR) is 84.7 cm³/mol. The van der Waals surface area contributed by atoms with Crippen molar-refractivity contribution in [2.24, 2.45) is 7.05 Å². The number of imidazole rings is 1. The van der Waals surface area contributed by atoms with Gasteiger partial charge < -0.3 is 14.5 Å². The summed E-state index contributed by atoms with van der Waals surface area (Å²) in [7, 11) is 1.57. The highest BCUT2D eigenvalue weighted by atomic mass is 16.2. The van der Waals surface area contributed by atoms with E-state index in [1.807, 2.05) is 0 Å². The van der Waals surface area contributed by atoms with E-state index < -0.39 is 25.3 Å². The molecule has 0 fully saturated rings. The number of amides is 1. The molecule has 0 atom stereocenters. The summed E-state index contributed by atoms with van der Waals surface area (Å²) in [4.78, 5) is 20.4. The summed E-state index contributed by atoms with van der Waals surface area (Å²) >= 11 is 0. The van der Waals surface area contributed by atoms with E-state index in [-0.39, 0.29) is 17.0 Å². The number of hydrogen-bond acceptors (Lipinski definition) is 2. The quantitative estimate of drug-likeness (QED) is 0.790. The number of nitrogens with zero attached hydrogens (tertiary/aromatic N) is 3. The maximum Gasteiger partial charge on any atom is 0.256 e. The summed E-state index contributed by atoms with van der Waals surface area (Å²) in [6.45, 7) is -4.08. The second kappa shape index (κ2) is 4.73. The highest BCUT2D eigenvalue weighted by molar-refractivity contribution is 6.09. The minimum Gasteiger partial charge on any atom is -0.348 e. The summed E-state index contributed by atoms with van der Waals surface area (Å²) in [6.07, 6.45) is -1.41. The zero-order valence-corrected chi connectivity index (χ0v) is 12.1. The molecule has 1 aliphatic heterocycles. The Hall–Kier alpha value is -2.56. The monoisotopic (exact) mass is 300 g/mol. The average molecular weight is 300 g/mol. The van der Waals surface area contributed by atoms with Gasteiger partial charge in [-0.25, -0.2) is 4.98 Å². The molecule has 0 aliphatic carbocycles. The summed E-state index contributed by atoms with van der Waals surface area (Å²) in [5, 5.41) is 0.448. The number of para-hydroxylation sites is 1. The van der Waals surface area contributed by atoms with Gasteiger partial charge in [0.1, 0.15) is 0 Å². The largest absolute Gasteiger partial charge is 0.348 e. The molecule has 0 spiro atoms. The van der Waals surface area contributed by atoms with Crippen LogP contribution in [0.2, 0.25) is 0 Å². The number of aryl methyl sites for hydroxylation is 2. The number of H-pyrrole nitrogens is 1. The van der Waals surface area contributed by atoms with E-state index in [1.165, 1.54) is 10.9 Å². The second-order valence-electron chi connectivity index (χ2n) is 5.17. The summed E-state index contributed by atoms with van der Waals surface area (Å²) in [5.74, 6) is -0.917. The first-order valence-electron chi connectivity index (χ1n) is 9.87. The van der Waals surface area contributed by atoms with Gasteiger partial charge in [0.25, 0.3) is 5.91 Å². The van der Waals surface area contributed by atoms with Crippen LogP contribution in [0.3, 0.4) is 0 Å². The molecule has 0 saturated heterocycles. The van der Waals surface area contributed by atoms with E-state index in [0.717, 1.165) is 0 Å². The molecule has 4 rings (SSSR count). The summed E-state index contributed by atoms with van der Waals surface area (Å²) < 4.78 is 52.5. The number of aromatic amines is 1. The molecule has 5 nitrogen and oxygen atoms in total. The molecule has 1 amide bonds. The lowest BCUT2D eigenvalue weighted by Gasteiger charge is -2.27. The third-order valence-electron chi connectivity index (χ3n) is 3.86. The Morgan fingerprint density at radius 3 is 3.05 bits per heavy atom. The third-order valence-corrected chi connectivity index (χ3v) is 3.86. The van der Waals surface area contributed by atoms with Crippen LogP contribution >= 0.6 is 0 Å². The zero-order chi connectivity index (χ0) is 20.6. The minimum absolute atomic E-state index is 0.0321. The van der Waals surface area contributed by atoms with E-state index in [9.17, 15) is 4.79 Å². The van der Waals surface area contributed by atoms with E-state index in [4.69, 9.17) is 8.22 Å². The molecule has 0 saturated carbocycles. The minimum atomic E-state index is -2.96. The Labute approximate surface area is 137 Å². The Bertz CT molecular complexity index is 1120. The normalized spacial score (nSPS) is 23.9. The van der Waals surface area contributed by atoms with Crippen molar-refractivity contribution < 1.29 is 13.0 Å². The molecule has 112 valence electrons. The van der Waals surface area contributed by atoms with Crippen LogP contribution in [0.1, 0.15) is 35.7 Å². The third kappa shape index (κ3) is 1.78. The first-order valence-corrected chi connectivity index (χ1v) is 6.87. The number of rotatable bonds is 2. The number of aromatic nitrogens is 3. The van der Waals surface area contributed by atoms with Crippen molar-refractivity contribution in [2.45, 2.75) is 19.8 Å². The molecule has 5 heteroatoms. The number of fused-ring (bicyclic) bond motifs is 3. The van der Waals surface area contributed by atoms with Crippen LogP contribution in [0.5, 0.6) is 0 Å². The first kappa shape index (κ1) is 8.17. The van der Waals surface area contributed by atoms with Crippen LogP contribution in [0.25, 0.3) is 10.9 Å². The SMILES string of the molecule is [2H]C([2H])(c1nc[nH]c1C)N1C(=O)c2c(n(C)c3ccccc23)C([2H])([2H])C1([2H])[2H]. The second-order valence-corrected chi connectivity index (χ2v) is 5.17. The van der Waals surface area contributed by atoms with Gasteiger partial charge in [-0.15, -0.1) is 0 Å². The van der Waals surface area contributed by atoms with Crippen LogP contribution in [0.4, 0.5) is 0 Å². The fourth-order valence-electron chi connectivity index (χ4n) is 2.68. The van der Waals surface area contributed by atoms with Crippen LogP contribution in [0, 0.1) is 6.92 Å². The van der Waals surface area contributed by atoms with Gasteiger partial charge in [0.05, 0.1) is 26.8 Å². The number of carbonyl (C=O) groups is 1. The van der Waals surface area contributed by atoms with Gasteiger partial charge in [0, 0.05) is 47.7 Å². The Balaban J connectivity index is 2.06. The van der Waals surface area contributed by atoms with Crippen molar-refractivity contribution in [2.75, 3.05) is 6.50 Å². The van der Waals surface area contributed by atoms with Crippen LogP contribution in [-0.2, 0) is 19.9 Å². The molecule has 22 heavy (non-hydrogen) atoms. The van der Waals surface area contributed by atoms with E-state index >= 15 is 0 Å². The van der Waals surface area contributed by atoms with Crippen LogP contribution in [0.15, 0.2) is 30.6 Å². The molecule has 1 N–H and O–H groups in total. The lowest BCUT2D eigenvalue weighted by Crippen LogP contribution is -2.37. The van der Waals surface area contributed by atoms with E-state index in [1.54, 1.807) is 38.2 Å². The molecule has 0 unspecified atom stereocenters. The molecule has 1 aromatic carbocycles. The molecule has 1 aliphatic rings. The fourth-order valence-corrected chi connectivity index (χ4v) is 2.68. The topological polar surface area (TPSA) is 53.9 Å². The molecular weight excluding hydrogens is 276 g/mol. The van der Waals surface area contributed by atoms with Crippen LogP contribution < -0.4 is 0 Å². The Kier molecular flexibility index (Phi) is 1.76. The van der Waals surface area contributed by atoms with Gasteiger partial charge in [-0.05, 0) is 13.0 Å². The Morgan fingerprint density at radius 1 is 1.45 bits per heavy atom. The van der Waals surface area contributed by atoms with Gasteiger partial charge in [0.15, 0.2) is 0 Å². The summed E-state index contributed by atoms with van der Waals surface area (Å²) in [5.41, 5.74) is 0.603. The Morgan fingerprint density at radius 2 is 2.27 bits per heavy atom. The van der Waals surface area contributed by atoms with Crippen molar-refractivity contribution in [3.63, 3.8) is 0 Å². The molecular formula is C17H18N4O. The predicted octanol–water partition coefficient (Wildman–Crippen LogP) is 2.41. The molecule has 2 aromatic heterocycles. The van der Waals surface area contributed by atoms with Crippen molar-refractivity contribution in [3.05, 3.63) is 53.2 Å². The number of carbonyl (C=O) groups excluding carboxylic acids is 1. The molecule has 0 radical (unpaired) electrons. The number of hydrogen-bond donors (Lipinski definition) is 1. The van der Waals surface area contributed by atoms with E-state index in [2.05, 4.69) is 9.97 Å². The maximum absolute atomic E-state index is 13.4. The average Bonchev–Trinajstić information content (AvgIpc) is 3.16. The number of nitrogens with one attached hydrogen (secondary N) is 1. The first-order chi connectivity index (χ1) is 12.9. The standard InChI is InChI=1S/C17H18N4O/c1-11-13(19-10-18-11)9-21-8-7-15-16(17(21)22)12-5-3-4-6-14(12)20(15)2/h3-6,10H,7-9H2,1-2H3,(H,18,19)/i7D2,8D2,9D2. The summed E-state index contributed by atoms with van der Waals surface area (Å²) in [6, 6.07) is 6.80. The van der Waals surface area contributed by atoms with Gasteiger partial charge in [-0.1, -0.05) is 18.2 Å². The lowest BCUT2D eigenvalue weighted by molar-refractivity contribution is 0.0725. The van der Waals surface area contributed by atoms with Gasteiger partial charge in [0.2, 0.25) is 0 Å². The highest BCUT2D eigenvalue weighted by Crippen LogP contribution is 2.30. The van der Waals surface area contributed by atoms with E-state index in [0.29, 0.717) is 21.5 Å². The molecule has 0 bridgehead atoms. The van der Waals surface area contributed by atoms with Crippen molar-refractivity contribution in [3.8, 4) is 0 Å². The molecule has 3 aromatic rings. The van der Waals surface area contributed by atoms with Crippen LogP contribution in [-0.4, -0.2) is 31.8 Å². The van der Waals surface area contributed by atoms with Gasteiger partial charge in [-0.2, -0.15) is 0 Å². The van der Waals surface area contributed by atoms with Crippen molar-refractivity contribution >= 4 is 16.8 Å². The highest BCUT2D eigenvalue weighted by Gasteiger charge is 2.30. The maximum atomic E-state index is 13.4. The molecule has 3 heterocycles. The van der Waals surface area contributed by atoms with Crippen molar-refractivity contribution in [1.82, 2.24) is 19.4 Å². The zero-order valence-electron chi connectivity index (χ0n) is 18.1.